The predicted molar refractivity (Wildman–Crippen MR) is 532 cm³/mol. The van der Waals surface area contributed by atoms with Gasteiger partial charge in [-0.25, -0.2) is 19.2 Å². The highest BCUT2D eigenvalue weighted by Crippen LogP contribution is 2.59. The standard InChI is InChI=1S/C117H128O20/c1-58-41-96(118)66(9)33-84(58)108(85-34-67(10)97(119)42-59(85)2)92-50-80(29-74(17)112(92)134-54-104(126)127)116(81-30-75(18)113(135-55-105(128)129)93(51-81)109(86-35-68(11)98(120)43-60(86)3)87-36-69(12)99(121)44-61(87)4)25-21-78(22-26-116)49-79-23-27-117(28-24-79,82-31-76(19)114(136-56-106(130)131)94(52-82)110(88-37-70(13)100(122)45-62(88)5)89-38-71(14)101(123)46-63(89)6)83-32-77(20)115(137-57-107(132)133)95(53-83)111(90-39-72(15)102(124)47-64(90)7)91-40-73(16)103(125)48-65(91)8/h29-48,50-53,78-79,108-111,118-125H,21-28,49,54-57H2,1-20H3,(H,126,127)(H,128,129)(H,130,131)(H,132,133). The van der Waals surface area contributed by atoms with Crippen LogP contribution in [0.25, 0.3) is 0 Å². The molecule has 137 heavy (non-hydrogen) atoms. The molecular weight excluding hydrogens is 1730 g/mol. The molecule has 716 valence electrons. The highest BCUT2D eigenvalue weighted by molar-refractivity contribution is 5.74. The maximum Gasteiger partial charge on any atom is 0.341 e. The lowest BCUT2D eigenvalue weighted by Crippen LogP contribution is -2.36. The van der Waals surface area contributed by atoms with Crippen LogP contribution in [0, 0.1) is 150 Å². The summed E-state index contributed by atoms with van der Waals surface area (Å²) in [5.74, 6) is -5.22. The number of carboxylic acid groups (broad SMARTS) is 4. The molecule has 0 aromatic heterocycles. The number of hydrogen-bond donors (Lipinski definition) is 12. The Labute approximate surface area is 802 Å². The van der Waals surface area contributed by atoms with Crippen molar-refractivity contribution in [3.8, 4) is 69.0 Å². The van der Waals surface area contributed by atoms with Gasteiger partial charge in [0.25, 0.3) is 0 Å². The molecule has 2 saturated carbocycles. The molecule has 0 atom stereocenters. The van der Waals surface area contributed by atoms with Crippen molar-refractivity contribution in [3.05, 3.63) is 346 Å². The van der Waals surface area contributed by atoms with Gasteiger partial charge >= 0.3 is 23.9 Å². The largest absolute Gasteiger partial charge is 0.508 e. The number of aryl methyl sites for hydroxylation is 20. The molecule has 12 N–H and O–H groups in total. The molecule has 2 aliphatic carbocycles. The molecule has 12 aromatic rings. The van der Waals surface area contributed by atoms with E-state index in [0.717, 1.165) is 118 Å². The summed E-state index contributed by atoms with van der Waals surface area (Å²) in [5.41, 5.74) is 24.1. The maximum atomic E-state index is 13.0. The fourth-order valence-corrected chi connectivity index (χ4v) is 22.3. The van der Waals surface area contributed by atoms with Crippen molar-refractivity contribution in [1.29, 1.82) is 0 Å². The smallest absolute Gasteiger partial charge is 0.341 e. The van der Waals surface area contributed by atoms with Gasteiger partial charge in [0.15, 0.2) is 26.4 Å². The summed E-state index contributed by atoms with van der Waals surface area (Å²) in [6.07, 6.45) is 5.75. The lowest BCUT2D eigenvalue weighted by molar-refractivity contribution is -0.140. The van der Waals surface area contributed by atoms with Crippen LogP contribution in [0.2, 0.25) is 0 Å². The van der Waals surface area contributed by atoms with Gasteiger partial charge in [-0.3, -0.25) is 0 Å². The van der Waals surface area contributed by atoms with Gasteiger partial charge < -0.3 is 80.2 Å². The molecular formula is C117H128O20. The molecule has 14 rings (SSSR count). The molecule has 2 aliphatic rings. The number of rotatable bonds is 30. The zero-order valence-electron chi connectivity index (χ0n) is 82.1. The fraction of sp³-hybridized carbons (Fsp3) is 0.350. The minimum atomic E-state index is -1.19. The van der Waals surface area contributed by atoms with E-state index in [2.05, 4.69) is 48.5 Å². The van der Waals surface area contributed by atoms with Crippen LogP contribution in [0.1, 0.15) is 282 Å². The van der Waals surface area contributed by atoms with Gasteiger partial charge in [0.2, 0.25) is 0 Å². The Balaban J connectivity index is 0.987. The Morgan fingerprint density at radius 3 is 0.526 bits per heavy atom. The van der Waals surface area contributed by atoms with Crippen molar-refractivity contribution in [2.24, 2.45) is 11.8 Å². The van der Waals surface area contributed by atoms with Crippen LogP contribution in [-0.2, 0) is 30.0 Å². The lowest BCUT2D eigenvalue weighted by Gasteiger charge is -2.46. The van der Waals surface area contributed by atoms with E-state index in [4.69, 9.17) is 18.9 Å². The van der Waals surface area contributed by atoms with Crippen molar-refractivity contribution >= 4 is 23.9 Å². The summed E-state index contributed by atoms with van der Waals surface area (Å²) in [6.45, 7) is 35.1. The van der Waals surface area contributed by atoms with Crippen molar-refractivity contribution in [1.82, 2.24) is 0 Å². The van der Waals surface area contributed by atoms with Gasteiger partial charge in [0.05, 0.1) is 0 Å². The molecule has 0 unspecified atom stereocenters. The minimum Gasteiger partial charge on any atom is -0.508 e. The number of carbonyl (C=O) groups is 4. The quantitative estimate of drug-likeness (QED) is 0.0186. The van der Waals surface area contributed by atoms with Crippen molar-refractivity contribution in [2.75, 3.05) is 26.4 Å². The molecule has 12 aromatic carbocycles. The van der Waals surface area contributed by atoms with E-state index >= 15 is 0 Å². The van der Waals surface area contributed by atoms with E-state index in [0.29, 0.717) is 163 Å². The first kappa shape index (κ1) is 99.1. The van der Waals surface area contributed by atoms with Crippen molar-refractivity contribution < 1.29 is 99.4 Å². The van der Waals surface area contributed by atoms with E-state index in [1.54, 1.807) is 48.5 Å². The van der Waals surface area contributed by atoms with Gasteiger partial charge in [0, 0.05) is 56.8 Å². The van der Waals surface area contributed by atoms with Crippen LogP contribution < -0.4 is 18.9 Å². The van der Waals surface area contributed by atoms with Crippen molar-refractivity contribution in [2.45, 2.75) is 231 Å². The first-order valence-electron chi connectivity index (χ1n) is 47.1. The van der Waals surface area contributed by atoms with Gasteiger partial charge in [-0.05, 0) is 435 Å². The third kappa shape index (κ3) is 19.8. The summed E-state index contributed by atoms with van der Waals surface area (Å²) in [7, 11) is 0. The summed E-state index contributed by atoms with van der Waals surface area (Å²) in [6, 6.07) is 46.7. The number of aromatic hydroxyl groups is 8. The number of phenolic OH excluding ortho intramolecular Hbond substituents is 8. The summed E-state index contributed by atoms with van der Waals surface area (Å²) in [4.78, 5) is 51.9. The second-order valence-corrected chi connectivity index (χ2v) is 39.6. The lowest BCUT2D eigenvalue weighted by atomic mass is 9.58. The molecule has 0 heterocycles. The minimum absolute atomic E-state index is 0.0914. The first-order valence-corrected chi connectivity index (χ1v) is 47.1. The van der Waals surface area contributed by atoms with E-state index in [1.807, 2.05) is 187 Å². The molecule has 0 radical (unpaired) electrons. The summed E-state index contributed by atoms with van der Waals surface area (Å²) in [5, 5.41) is 134. The monoisotopic (exact) mass is 1850 g/mol. The molecule has 20 heteroatoms. The van der Waals surface area contributed by atoms with E-state index in [9.17, 15) is 80.5 Å². The number of benzene rings is 12. The van der Waals surface area contributed by atoms with Crippen LogP contribution >= 0.6 is 0 Å². The molecule has 0 aliphatic heterocycles. The molecule has 2 fully saturated rings. The van der Waals surface area contributed by atoms with E-state index in [1.165, 1.54) is 0 Å². The zero-order chi connectivity index (χ0) is 99.5. The number of ether oxygens (including phenoxy) is 4. The third-order valence-electron chi connectivity index (χ3n) is 29.8. The summed E-state index contributed by atoms with van der Waals surface area (Å²) < 4.78 is 26.5. The van der Waals surface area contributed by atoms with Crippen LogP contribution in [0.3, 0.4) is 0 Å². The highest BCUT2D eigenvalue weighted by Gasteiger charge is 2.47. The molecule has 0 spiro atoms. The van der Waals surface area contributed by atoms with E-state index < -0.39 is 84.8 Å². The zero-order valence-corrected chi connectivity index (χ0v) is 82.1. The second-order valence-electron chi connectivity index (χ2n) is 39.6. The maximum absolute atomic E-state index is 13.0. The second kappa shape index (κ2) is 39.4. The Bertz CT molecular complexity index is 5790. The van der Waals surface area contributed by atoms with Gasteiger partial charge in [-0.2, -0.15) is 0 Å². The molecule has 0 amide bonds. The van der Waals surface area contributed by atoms with Gasteiger partial charge in [-0.1, -0.05) is 97.1 Å². The average Bonchev–Trinajstić information content (AvgIpc) is 0.728. The number of phenols is 8. The predicted octanol–water partition coefficient (Wildman–Crippen LogP) is 24.1. The summed E-state index contributed by atoms with van der Waals surface area (Å²) >= 11 is 0. The number of aliphatic carboxylic acids is 4. The first-order chi connectivity index (χ1) is 64.7. The molecule has 20 nitrogen and oxygen atoms in total. The highest BCUT2D eigenvalue weighted by atomic mass is 16.5. The number of carboxylic acids is 4. The Kier molecular flexibility index (Phi) is 28.5. The fourth-order valence-electron chi connectivity index (χ4n) is 22.3. The molecule has 0 saturated heterocycles. The van der Waals surface area contributed by atoms with Crippen LogP contribution in [0.4, 0.5) is 0 Å². The van der Waals surface area contributed by atoms with Gasteiger partial charge in [0.1, 0.15) is 69.0 Å². The topological polar surface area (TPSA) is 348 Å². The third-order valence-corrected chi connectivity index (χ3v) is 29.8. The Morgan fingerprint density at radius 1 is 0.226 bits per heavy atom. The SMILES string of the molecule is Cc1cc(C(c2cc(C)c(O)cc2C)c2cc(C3(c4cc(C)c(OCC(=O)O)c(C(c5cc(C)c(O)cc5C)c5cc(C)c(O)cc5C)c4)CCC(CC4CCC(c5cc(C)c(OCC(=O)O)c(C(c6cc(C)c(O)cc6C)c6cc(C)c(O)cc6C)c5)(c5cc(C)c(OCC(=O)O)c(C(c6cc(C)c(O)cc6C)c6cc(C)c(O)cc6C)c5)CC4)CC3)cc(C)c2OCC(=O)O)c(C)cc1O. The van der Waals surface area contributed by atoms with Crippen LogP contribution in [0.5, 0.6) is 69.0 Å². The Hall–Kier alpha value is -13.9. The van der Waals surface area contributed by atoms with Crippen molar-refractivity contribution in [3.63, 3.8) is 0 Å². The average molecular weight is 1850 g/mol. The number of hydrogen-bond acceptors (Lipinski definition) is 16. The molecule has 0 bridgehead atoms. The normalized spacial score (nSPS) is 14.0. The van der Waals surface area contributed by atoms with Crippen LogP contribution in [-0.4, -0.2) is 112 Å². The van der Waals surface area contributed by atoms with E-state index in [-0.39, 0.29) is 57.8 Å². The van der Waals surface area contributed by atoms with Gasteiger partial charge in [-0.15, -0.1) is 0 Å². The van der Waals surface area contributed by atoms with Crippen LogP contribution in [0.15, 0.2) is 146 Å². The Morgan fingerprint density at radius 2 is 0.380 bits per heavy atom.